The second-order valence-corrected chi connectivity index (χ2v) is 6.98. The van der Waals surface area contributed by atoms with E-state index in [9.17, 15) is 9.59 Å². The summed E-state index contributed by atoms with van der Waals surface area (Å²) in [5, 5.41) is 14.6. The fourth-order valence-corrected chi connectivity index (χ4v) is 3.00. The highest BCUT2D eigenvalue weighted by Crippen LogP contribution is 2.23. The van der Waals surface area contributed by atoms with Gasteiger partial charge in [0.05, 0.1) is 34.9 Å². The summed E-state index contributed by atoms with van der Waals surface area (Å²) < 4.78 is 8.36. The van der Waals surface area contributed by atoms with Gasteiger partial charge < -0.3 is 15.1 Å². The fourth-order valence-electron chi connectivity index (χ4n) is 2.88. The van der Waals surface area contributed by atoms with Crippen molar-refractivity contribution in [1.29, 1.82) is 0 Å². The summed E-state index contributed by atoms with van der Waals surface area (Å²) in [4.78, 5) is 25.4. The Labute approximate surface area is 173 Å². The number of halogens is 1. The summed E-state index contributed by atoms with van der Waals surface area (Å²) in [7, 11) is 0. The Hall–Kier alpha value is -3.07. The van der Waals surface area contributed by atoms with Crippen LogP contribution in [-0.2, 0) is 17.9 Å². The van der Waals surface area contributed by atoms with Crippen LogP contribution in [0.4, 0.5) is 5.69 Å². The van der Waals surface area contributed by atoms with Crippen molar-refractivity contribution in [2.24, 2.45) is 0 Å². The summed E-state index contributed by atoms with van der Waals surface area (Å²) in [6.07, 6.45) is 3.16. The zero-order valence-electron chi connectivity index (χ0n) is 16.7. The van der Waals surface area contributed by atoms with Gasteiger partial charge in [-0.3, -0.25) is 19.0 Å². The molecular weight excluding hydrogens is 396 g/mol. The molecule has 0 aliphatic rings. The summed E-state index contributed by atoms with van der Waals surface area (Å²) in [6.45, 7) is 7.96. The van der Waals surface area contributed by atoms with Crippen LogP contribution in [0.1, 0.15) is 47.5 Å². The maximum Gasteiger partial charge on any atom is 0.274 e. The highest BCUT2D eigenvalue weighted by Gasteiger charge is 2.24. The lowest BCUT2D eigenvalue weighted by atomic mass is 10.2. The molecule has 0 aliphatic heterocycles. The van der Waals surface area contributed by atoms with Crippen molar-refractivity contribution in [3.05, 3.63) is 52.5 Å². The summed E-state index contributed by atoms with van der Waals surface area (Å²) in [5.41, 5.74) is 1.81. The van der Waals surface area contributed by atoms with Gasteiger partial charge in [0, 0.05) is 12.7 Å². The molecule has 0 fully saturated rings. The predicted octanol–water partition coefficient (Wildman–Crippen LogP) is 3.09. The highest BCUT2D eigenvalue weighted by atomic mass is 35.5. The highest BCUT2D eigenvalue weighted by molar-refractivity contribution is 6.31. The standard InChI is InChI=1S/C19H23ClN6O3/c1-5-25-10-15(17(24-25)19(28)21-9-14-7-6-8-29-14)22-18(27)13(4)26-12(3)16(20)11(2)23-26/h6-8,10,13H,5,9H2,1-4H3,(H,21,28)(H,22,27). The maximum absolute atomic E-state index is 12.8. The van der Waals surface area contributed by atoms with Gasteiger partial charge in [-0.1, -0.05) is 11.6 Å². The second-order valence-electron chi connectivity index (χ2n) is 6.60. The van der Waals surface area contributed by atoms with Crippen molar-refractivity contribution < 1.29 is 14.0 Å². The minimum Gasteiger partial charge on any atom is -0.467 e. The number of nitrogens with one attached hydrogen (secondary N) is 2. The maximum atomic E-state index is 12.8. The molecule has 2 amide bonds. The first-order chi connectivity index (χ1) is 13.8. The predicted molar refractivity (Wildman–Crippen MR) is 108 cm³/mol. The summed E-state index contributed by atoms with van der Waals surface area (Å²) >= 11 is 6.18. The Bertz CT molecular complexity index is 1020. The smallest absolute Gasteiger partial charge is 0.274 e. The van der Waals surface area contributed by atoms with E-state index < -0.39 is 11.9 Å². The van der Waals surface area contributed by atoms with E-state index in [1.165, 1.54) is 6.26 Å². The molecule has 3 aromatic heterocycles. The molecule has 154 valence electrons. The van der Waals surface area contributed by atoms with Crippen molar-refractivity contribution in [1.82, 2.24) is 24.9 Å². The van der Waals surface area contributed by atoms with Gasteiger partial charge in [-0.2, -0.15) is 10.2 Å². The number of hydrogen-bond donors (Lipinski definition) is 2. The molecule has 0 bridgehead atoms. The summed E-state index contributed by atoms with van der Waals surface area (Å²) in [5.74, 6) is -0.123. The van der Waals surface area contributed by atoms with Crippen LogP contribution in [0.2, 0.25) is 5.02 Å². The number of furan rings is 1. The minimum atomic E-state index is -0.620. The van der Waals surface area contributed by atoms with Crippen LogP contribution in [0, 0.1) is 13.8 Å². The Morgan fingerprint density at radius 1 is 1.31 bits per heavy atom. The molecule has 3 aromatic rings. The quantitative estimate of drug-likeness (QED) is 0.613. The molecule has 3 rings (SSSR count). The molecule has 0 saturated heterocycles. The van der Waals surface area contributed by atoms with Crippen molar-refractivity contribution >= 4 is 29.1 Å². The number of anilines is 1. The topological polar surface area (TPSA) is 107 Å². The first-order valence-electron chi connectivity index (χ1n) is 9.21. The number of nitrogens with zero attached hydrogens (tertiary/aromatic N) is 4. The van der Waals surface area contributed by atoms with E-state index in [0.717, 1.165) is 0 Å². The molecule has 0 radical (unpaired) electrons. The first kappa shape index (κ1) is 20.7. The molecule has 29 heavy (non-hydrogen) atoms. The first-order valence-corrected chi connectivity index (χ1v) is 9.59. The van der Waals surface area contributed by atoms with E-state index in [1.54, 1.807) is 48.5 Å². The van der Waals surface area contributed by atoms with Crippen LogP contribution in [0.25, 0.3) is 0 Å². The minimum absolute atomic E-state index is 0.130. The lowest BCUT2D eigenvalue weighted by molar-refractivity contribution is -0.119. The second kappa shape index (κ2) is 8.52. The molecule has 9 nitrogen and oxygen atoms in total. The monoisotopic (exact) mass is 418 g/mol. The van der Waals surface area contributed by atoms with Crippen LogP contribution in [-0.4, -0.2) is 31.4 Å². The van der Waals surface area contributed by atoms with Gasteiger partial charge in [0.25, 0.3) is 5.91 Å². The zero-order valence-corrected chi connectivity index (χ0v) is 17.4. The molecule has 1 unspecified atom stereocenters. The van der Waals surface area contributed by atoms with Gasteiger partial charge in [0.2, 0.25) is 5.91 Å². The normalized spacial score (nSPS) is 12.0. The van der Waals surface area contributed by atoms with Crippen LogP contribution in [0.5, 0.6) is 0 Å². The van der Waals surface area contributed by atoms with Gasteiger partial charge in [-0.25, -0.2) is 0 Å². The van der Waals surface area contributed by atoms with Gasteiger partial charge in [-0.15, -0.1) is 0 Å². The van der Waals surface area contributed by atoms with E-state index in [2.05, 4.69) is 20.8 Å². The van der Waals surface area contributed by atoms with Crippen LogP contribution in [0.15, 0.2) is 29.0 Å². The molecule has 3 heterocycles. The largest absolute Gasteiger partial charge is 0.467 e. The van der Waals surface area contributed by atoms with Crippen molar-refractivity contribution in [2.45, 2.75) is 46.8 Å². The van der Waals surface area contributed by atoms with Crippen LogP contribution in [0.3, 0.4) is 0 Å². The van der Waals surface area contributed by atoms with Crippen molar-refractivity contribution in [3.8, 4) is 0 Å². The van der Waals surface area contributed by atoms with Crippen LogP contribution >= 0.6 is 11.6 Å². The third-order valence-electron chi connectivity index (χ3n) is 4.54. The number of rotatable bonds is 7. The Balaban J connectivity index is 1.77. The lowest BCUT2D eigenvalue weighted by Crippen LogP contribution is -2.28. The van der Waals surface area contributed by atoms with Crippen molar-refractivity contribution in [3.63, 3.8) is 0 Å². The fraction of sp³-hybridized carbons (Fsp3) is 0.368. The molecule has 0 saturated carbocycles. The number of carbonyl (C=O) groups excluding carboxylic acids is 2. The molecule has 10 heteroatoms. The van der Waals surface area contributed by atoms with Gasteiger partial charge in [0.1, 0.15) is 11.8 Å². The van der Waals surface area contributed by atoms with E-state index in [4.69, 9.17) is 16.0 Å². The van der Waals surface area contributed by atoms with Gasteiger partial charge in [0.15, 0.2) is 5.69 Å². The van der Waals surface area contributed by atoms with E-state index >= 15 is 0 Å². The molecule has 0 spiro atoms. The lowest BCUT2D eigenvalue weighted by Gasteiger charge is -2.14. The number of amides is 2. The molecular formula is C19H23ClN6O3. The van der Waals surface area contributed by atoms with Gasteiger partial charge in [-0.05, 0) is 39.8 Å². The Morgan fingerprint density at radius 3 is 2.66 bits per heavy atom. The van der Waals surface area contributed by atoms with Crippen LogP contribution < -0.4 is 10.6 Å². The molecule has 1 atom stereocenters. The number of aromatic nitrogens is 4. The van der Waals surface area contributed by atoms with E-state index in [-0.39, 0.29) is 18.1 Å². The summed E-state index contributed by atoms with van der Waals surface area (Å²) in [6, 6.07) is 2.88. The Morgan fingerprint density at radius 2 is 2.07 bits per heavy atom. The average Bonchev–Trinajstić information content (AvgIpc) is 3.42. The van der Waals surface area contributed by atoms with Gasteiger partial charge >= 0.3 is 0 Å². The average molecular weight is 419 g/mol. The Kier molecular flexibility index (Phi) is 6.07. The molecule has 0 aliphatic carbocycles. The van der Waals surface area contributed by atoms with E-state index in [0.29, 0.717) is 34.4 Å². The number of carbonyl (C=O) groups is 2. The molecule has 0 aromatic carbocycles. The SMILES string of the molecule is CCn1cc(NC(=O)C(C)n2nc(C)c(Cl)c2C)c(C(=O)NCc2ccco2)n1. The van der Waals surface area contributed by atoms with Crippen molar-refractivity contribution in [2.75, 3.05) is 5.32 Å². The third kappa shape index (κ3) is 4.34. The van der Waals surface area contributed by atoms with E-state index in [1.807, 2.05) is 6.92 Å². The zero-order chi connectivity index (χ0) is 21.1. The number of hydrogen-bond acceptors (Lipinski definition) is 5. The third-order valence-corrected chi connectivity index (χ3v) is 5.09. The molecule has 2 N–H and O–H groups in total. The number of aryl methyl sites for hydroxylation is 2.